The number of nitrogens with one attached hydrogen (secondary N) is 2. The van der Waals surface area contributed by atoms with Crippen LogP contribution in [0.15, 0.2) is 11.0 Å². The maximum absolute atomic E-state index is 11.4. The van der Waals surface area contributed by atoms with Gasteiger partial charge in [-0.2, -0.15) is 5.10 Å². The smallest absolute Gasteiger partial charge is 0.288 e. The minimum Gasteiger partial charge on any atom is -0.334 e. The first-order chi connectivity index (χ1) is 6.75. The highest BCUT2D eigenvalue weighted by Gasteiger charge is 2.10. The summed E-state index contributed by atoms with van der Waals surface area (Å²) >= 11 is 1.56. The summed E-state index contributed by atoms with van der Waals surface area (Å²) in [6.45, 7) is 1.94. The van der Waals surface area contributed by atoms with Gasteiger partial charge in [-0.25, -0.2) is 10.1 Å². The summed E-state index contributed by atoms with van der Waals surface area (Å²) in [4.78, 5) is 18.6. The maximum atomic E-state index is 11.4. The zero-order valence-corrected chi connectivity index (χ0v) is 8.10. The molecule has 0 bridgehead atoms. The fraction of sp³-hybridized carbons (Fsp3) is 0.125. The van der Waals surface area contributed by atoms with Gasteiger partial charge in [-0.3, -0.25) is 4.79 Å². The van der Waals surface area contributed by atoms with Crippen molar-refractivity contribution in [1.82, 2.24) is 20.2 Å². The van der Waals surface area contributed by atoms with Crippen LogP contribution in [-0.4, -0.2) is 20.2 Å². The Hall–Kier alpha value is -1.69. The van der Waals surface area contributed by atoms with Gasteiger partial charge >= 0.3 is 0 Å². The van der Waals surface area contributed by atoms with Gasteiger partial charge in [-0.1, -0.05) is 0 Å². The molecule has 0 spiro atoms. The van der Waals surface area contributed by atoms with Crippen LogP contribution in [0.25, 0.3) is 21.3 Å². The quantitative estimate of drug-likeness (QED) is 0.579. The van der Waals surface area contributed by atoms with Crippen molar-refractivity contribution in [3.63, 3.8) is 0 Å². The van der Waals surface area contributed by atoms with E-state index in [1.165, 1.54) is 0 Å². The molecule has 0 amide bonds. The monoisotopic (exact) mass is 206 g/mol. The number of nitrogens with zero attached hydrogens (tertiary/aromatic N) is 2. The number of thiazole rings is 1. The van der Waals surface area contributed by atoms with Gasteiger partial charge in [0.15, 0.2) is 0 Å². The maximum Gasteiger partial charge on any atom is 0.288 e. The predicted octanol–water partition coefficient (Wildman–Crippen LogP) is 1.17. The number of H-pyrrole nitrogens is 2. The summed E-state index contributed by atoms with van der Waals surface area (Å²) in [5, 5.41) is 7.97. The number of hydrogen-bond donors (Lipinski definition) is 2. The molecular formula is C8H6N4OS. The zero-order valence-electron chi connectivity index (χ0n) is 7.29. The van der Waals surface area contributed by atoms with E-state index in [-0.39, 0.29) is 5.56 Å². The van der Waals surface area contributed by atoms with Crippen molar-refractivity contribution in [2.24, 2.45) is 0 Å². The van der Waals surface area contributed by atoms with Crippen LogP contribution in [0, 0.1) is 6.92 Å². The molecule has 0 fully saturated rings. The molecule has 3 heterocycles. The second-order valence-corrected chi connectivity index (χ2v) is 4.23. The normalized spacial score (nSPS) is 11.5. The van der Waals surface area contributed by atoms with Crippen LogP contribution in [0.5, 0.6) is 0 Å². The van der Waals surface area contributed by atoms with Gasteiger partial charge in [-0.05, 0) is 6.92 Å². The van der Waals surface area contributed by atoms with E-state index in [2.05, 4.69) is 20.2 Å². The molecule has 0 radical (unpaired) electrons. The van der Waals surface area contributed by atoms with Crippen LogP contribution in [0.2, 0.25) is 0 Å². The van der Waals surface area contributed by atoms with Gasteiger partial charge in [0.25, 0.3) is 5.56 Å². The zero-order chi connectivity index (χ0) is 9.71. The van der Waals surface area contributed by atoms with E-state index in [0.717, 1.165) is 20.7 Å². The van der Waals surface area contributed by atoms with Crippen molar-refractivity contribution in [3.05, 3.63) is 21.6 Å². The van der Waals surface area contributed by atoms with E-state index in [1.807, 2.05) is 6.92 Å². The number of aryl methyl sites for hydroxylation is 1. The Balaban J connectivity index is 2.65. The Morgan fingerprint density at radius 3 is 3.21 bits per heavy atom. The molecule has 0 aliphatic carbocycles. The molecule has 3 aromatic rings. The molecule has 0 atom stereocenters. The van der Waals surface area contributed by atoms with Crippen LogP contribution >= 0.6 is 11.3 Å². The van der Waals surface area contributed by atoms with Crippen molar-refractivity contribution in [3.8, 4) is 0 Å². The van der Waals surface area contributed by atoms with E-state index in [9.17, 15) is 4.79 Å². The molecule has 0 aliphatic rings. The Bertz CT molecular complexity index is 677. The van der Waals surface area contributed by atoms with Gasteiger partial charge in [0.05, 0.1) is 15.9 Å². The number of rotatable bonds is 0. The highest BCUT2D eigenvalue weighted by atomic mass is 32.1. The second kappa shape index (κ2) is 2.42. The molecule has 5 nitrogen and oxygen atoms in total. The molecule has 2 N–H and O–H groups in total. The van der Waals surface area contributed by atoms with E-state index in [0.29, 0.717) is 5.52 Å². The Kier molecular flexibility index (Phi) is 1.33. The molecule has 3 rings (SSSR count). The SMILES string of the molecule is Cc1nc2[nH]c3c(=O)[nH]ncc3c2s1. The molecule has 0 saturated carbocycles. The van der Waals surface area contributed by atoms with Crippen LogP contribution < -0.4 is 5.56 Å². The average Bonchev–Trinajstić information content (AvgIpc) is 2.63. The Morgan fingerprint density at radius 2 is 2.36 bits per heavy atom. The molecule has 70 valence electrons. The van der Waals surface area contributed by atoms with Gasteiger partial charge in [-0.15, -0.1) is 11.3 Å². The third-order valence-electron chi connectivity index (χ3n) is 2.08. The van der Waals surface area contributed by atoms with Gasteiger partial charge in [0, 0.05) is 5.39 Å². The first-order valence-electron chi connectivity index (χ1n) is 4.08. The van der Waals surface area contributed by atoms with Crippen LogP contribution in [-0.2, 0) is 0 Å². The number of aromatic nitrogens is 4. The third-order valence-corrected chi connectivity index (χ3v) is 3.08. The fourth-order valence-electron chi connectivity index (χ4n) is 1.51. The lowest BCUT2D eigenvalue weighted by atomic mass is 10.4. The summed E-state index contributed by atoms with van der Waals surface area (Å²) in [5.41, 5.74) is 1.11. The highest BCUT2D eigenvalue weighted by molar-refractivity contribution is 7.19. The van der Waals surface area contributed by atoms with E-state index in [4.69, 9.17) is 0 Å². The summed E-state index contributed by atoms with van der Waals surface area (Å²) in [6.07, 6.45) is 1.65. The topological polar surface area (TPSA) is 74.4 Å². The molecule has 14 heavy (non-hydrogen) atoms. The fourth-order valence-corrected chi connectivity index (χ4v) is 2.40. The second-order valence-electron chi connectivity index (χ2n) is 3.02. The van der Waals surface area contributed by atoms with Crippen LogP contribution in [0.4, 0.5) is 0 Å². The molecule has 0 unspecified atom stereocenters. The van der Waals surface area contributed by atoms with Crippen molar-refractivity contribution in [2.75, 3.05) is 0 Å². The number of fused-ring (bicyclic) bond motifs is 3. The van der Waals surface area contributed by atoms with Crippen molar-refractivity contribution < 1.29 is 0 Å². The summed E-state index contributed by atoms with van der Waals surface area (Å²) < 4.78 is 0.996. The molecule has 6 heteroatoms. The summed E-state index contributed by atoms with van der Waals surface area (Å²) in [7, 11) is 0. The first kappa shape index (κ1) is 7.69. The highest BCUT2D eigenvalue weighted by Crippen LogP contribution is 2.27. The third kappa shape index (κ3) is 0.856. The van der Waals surface area contributed by atoms with Crippen molar-refractivity contribution in [2.45, 2.75) is 6.92 Å². The minimum atomic E-state index is -0.203. The van der Waals surface area contributed by atoms with Crippen molar-refractivity contribution in [1.29, 1.82) is 0 Å². The molecular weight excluding hydrogens is 200 g/mol. The Morgan fingerprint density at radius 1 is 1.50 bits per heavy atom. The predicted molar refractivity (Wildman–Crippen MR) is 54.6 cm³/mol. The molecule has 0 aromatic carbocycles. The number of hydrogen-bond acceptors (Lipinski definition) is 4. The molecule has 0 saturated heterocycles. The first-order valence-corrected chi connectivity index (χ1v) is 4.90. The average molecular weight is 206 g/mol. The van der Waals surface area contributed by atoms with E-state index >= 15 is 0 Å². The molecule has 3 aromatic heterocycles. The van der Waals surface area contributed by atoms with Gasteiger partial charge < -0.3 is 4.98 Å². The van der Waals surface area contributed by atoms with Gasteiger partial charge in [0.2, 0.25) is 0 Å². The lowest BCUT2D eigenvalue weighted by Gasteiger charge is -1.85. The number of aromatic amines is 2. The van der Waals surface area contributed by atoms with Crippen LogP contribution in [0.1, 0.15) is 5.01 Å². The van der Waals surface area contributed by atoms with E-state index in [1.54, 1.807) is 17.5 Å². The summed E-state index contributed by atoms with van der Waals surface area (Å²) in [6, 6.07) is 0. The lowest BCUT2D eigenvalue weighted by molar-refractivity contribution is 1.01. The Labute approximate surface area is 81.8 Å². The lowest BCUT2D eigenvalue weighted by Crippen LogP contribution is -2.06. The van der Waals surface area contributed by atoms with Crippen LogP contribution in [0.3, 0.4) is 0 Å². The largest absolute Gasteiger partial charge is 0.334 e. The standard InChI is InChI=1S/C8H6N4OS/c1-3-10-7-6(14-3)4-2-9-12-8(13)5(4)11-7/h2,11H,1H3,(H,12,13). The van der Waals surface area contributed by atoms with Gasteiger partial charge in [0.1, 0.15) is 11.2 Å². The summed E-state index contributed by atoms with van der Waals surface area (Å²) in [5.74, 6) is 0. The minimum absolute atomic E-state index is 0.203. The van der Waals surface area contributed by atoms with E-state index < -0.39 is 0 Å². The van der Waals surface area contributed by atoms with Crippen molar-refractivity contribution >= 4 is 32.6 Å². The molecule has 0 aliphatic heterocycles.